The second-order valence-electron chi connectivity index (χ2n) is 8.27. The van der Waals surface area contributed by atoms with Crippen molar-refractivity contribution in [2.24, 2.45) is 0 Å². The number of amides is 1. The van der Waals surface area contributed by atoms with Crippen LogP contribution in [0.1, 0.15) is 77.4 Å². The van der Waals surface area contributed by atoms with Gasteiger partial charge in [0.1, 0.15) is 11.9 Å². The van der Waals surface area contributed by atoms with Gasteiger partial charge in [-0.3, -0.25) is 9.88 Å². The summed E-state index contributed by atoms with van der Waals surface area (Å²) in [6, 6.07) is 1.14. The third-order valence-corrected chi connectivity index (χ3v) is 5.60. The number of hydrogen-bond acceptors (Lipinski definition) is 7. The van der Waals surface area contributed by atoms with E-state index in [9.17, 15) is 23.5 Å². The molecule has 0 spiro atoms. The molecule has 1 aliphatic heterocycles. The van der Waals surface area contributed by atoms with E-state index in [0.29, 0.717) is 4.57 Å². The van der Waals surface area contributed by atoms with Gasteiger partial charge in [-0.2, -0.15) is 13.8 Å². The average Bonchev–Trinajstić information content (AvgIpc) is 3.01. The fourth-order valence-electron chi connectivity index (χ4n) is 3.67. The lowest BCUT2D eigenvalue weighted by Gasteiger charge is -2.21. The minimum absolute atomic E-state index is 0.162. The lowest BCUT2D eigenvalue weighted by molar-refractivity contribution is -0.140. The molecule has 1 fully saturated rings. The van der Waals surface area contributed by atoms with Crippen molar-refractivity contribution in [2.45, 2.75) is 95.5 Å². The summed E-state index contributed by atoms with van der Waals surface area (Å²) < 4.78 is 38.8. The van der Waals surface area contributed by atoms with Crippen LogP contribution >= 0.6 is 0 Å². The summed E-state index contributed by atoms with van der Waals surface area (Å²) in [5, 5.41) is 20.9. The smallest absolute Gasteiger partial charge is 0.412 e. The molecule has 0 saturated carbocycles. The van der Waals surface area contributed by atoms with E-state index >= 15 is 0 Å². The van der Waals surface area contributed by atoms with E-state index in [0.717, 1.165) is 31.5 Å². The molecule has 11 heteroatoms. The van der Waals surface area contributed by atoms with Crippen LogP contribution in [0.5, 0.6) is 0 Å². The van der Waals surface area contributed by atoms with Crippen molar-refractivity contribution < 1.29 is 33.3 Å². The van der Waals surface area contributed by atoms with Crippen molar-refractivity contribution in [1.29, 1.82) is 0 Å². The second-order valence-corrected chi connectivity index (χ2v) is 8.27. The lowest BCUT2D eigenvalue weighted by Crippen LogP contribution is -2.41. The van der Waals surface area contributed by atoms with Gasteiger partial charge in [0, 0.05) is 6.20 Å². The Kier molecular flexibility index (Phi) is 11.2. The summed E-state index contributed by atoms with van der Waals surface area (Å²) in [6.07, 6.45) is 5.80. The van der Waals surface area contributed by atoms with Gasteiger partial charge in [0.2, 0.25) is 6.23 Å². The topological polar surface area (TPSA) is 123 Å². The number of unbranched alkanes of at least 4 members (excludes halogenated alkanes) is 9. The maximum atomic E-state index is 14.2. The first-order chi connectivity index (χ1) is 15.8. The Bertz CT molecular complexity index is 792. The molecule has 1 aromatic heterocycles. The number of aliphatic hydroxyl groups excluding tert-OH is 2. The van der Waals surface area contributed by atoms with Gasteiger partial charge in [-0.25, -0.2) is 9.59 Å². The Morgan fingerprint density at radius 3 is 2.33 bits per heavy atom. The van der Waals surface area contributed by atoms with Crippen LogP contribution in [-0.4, -0.2) is 57.2 Å². The van der Waals surface area contributed by atoms with Crippen LogP contribution < -0.4 is 11.0 Å². The van der Waals surface area contributed by atoms with Crippen LogP contribution in [0.3, 0.4) is 0 Å². The third-order valence-electron chi connectivity index (χ3n) is 5.60. The van der Waals surface area contributed by atoms with Crippen LogP contribution in [-0.2, 0) is 9.47 Å². The largest absolute Gasteiger partial charge is 0.449 e. The Morgan fingerprint density at radius 2 is 1.79 bits per heavy atom. The molecule has 9 nitrogen and oxygen atoms in total. The maximum absolute atomic E-state index is 14.2. The summed E-state index contributed by atoms with van der Waals surface area (Å²) in [6.45, 7) is 1.59. The Labute approximate surface area is 192 Å². The highest BCUT2D eigenvalue weighted by molar-refractivity contribution is 5.83. The summed E-state index contributed by atoms with van der Waals surface area (Å²) in [5.74, 6) is -3.97. The van der Waals surface area contributed by atoms with Crippen molar-refractivity contribution >= 4 is 11.9 Å². The van der Waals surface area contributed by atoms with Gasteiger partial charge < -0.3 is 19.7 Å². The molecular weight excluding hydrogens is 440 g/mol. The van der Waals surface area contributed by atoms with Crippen LogP contribution in [0.15, 0.2) is 17.1 Å². The highest BCUT2D eigenvalue weighted by atomic mass is 19.3. The average molecular weight is 476 g/mol. The molecule has 3 unspecified atom stereocenters. The summed E-state index contributed by atoms with van der Waals surface area (Å²) >= 11 is 0. The summed E-state index contributed by atoms with van der Waals surface area (Å²) in [4.78, 5) is 27.6. The van der Waals surface area contributed by atoms with Gasteiger partial charge >= 0.3 is 17.7 Å². The van der Waals surface area contributed by atoms with Crippen LogP contribution in [0, 0.1) is 0 Å². The molecule has 188 valence electrons. The van der Waals surface area contributed by atoms with E-state index in [2.05, 4.69) is 17.2 Å². The molecule has 1 aliphatic rings. The number of aliphatic hydroxyl groups is 2. The Hall–Kier alpha value is -2.11. The lowest BCUT2D eigenvalue weighted by atomic mass is 10.1. The van der Waals surface area contributed by atoms with Crippen LogP contribution in [0.25, 0.3) is 0 Å². The number of halogens is 2. The predicted molar refractivity (Wildman–Crippen MR) is 117 cm³/mol. The number of hydrogen-bond donors (Lipinski definition) is 3. The first-order valence-electron chi connectivity index (χ1n) is 11.7. The minimum Gasteiger partial charge on any atom is -0.449 e. The highest BCUT2D eigenvalue weighted by Gasteiger charge is 2.59. The number of alkyl halides is 2. The van der Waals surface area contributed by atoms with E-state index in [4.69, 9.17) is 14.6 Å². The number of nitrogens with one attached hydrogen (secondary N) is 1. The molecular formula is C22H35F2N3O6. The molecule has 3 atom stereocenters. The molecule has 1 amide bonds. The molecule has 33 heavy (non-hydrogen) atoms. The quantitative estimate of drug-likeness (QED) is 0.351. The van der Waals surface area contributed by atoms with Crippen LogP contribution in [0.4, 0.5) is 19.4 Å². The van der Waals surface area contributed by atoms with Gasteiger partial charge in [-0.05, 0) is 12.5 Å². The maximum Gasteiger partial charge on any atom is 0.412 e. The monoisotopic (exact) mass is 475 g/mol. The fraction of sp³-hybridized carbons (Fsp3) is 0.773. The van der Waals surface area contributed by atoms with Crippen LogP contribution in [0.2, 0.25) is 0 Å². The SMILES string of the molecule is CCCCCCCCCCCCOC(=O)Nc1ccn(C2OC(CO)C(O)C2(F)F)c(=O)n1. The zero-order chi connectivity index (χ0) is 24.3. The molecule has 0 bridgehead atoms. The van der Waals surface area contributed by atoms with E-state index in [1.165, 1.54) is 44.9 Å². The number of aromatic nitrogens is 2. The number of nitrogens with zero attached hydrogens (tertiary/aromatic N) is 2. The van der Waals surface area contributed by atoms with E-state index in [1.54, 1.807) is 0 Å². The van der Waals surface area contributed by atoms with Gasteiger partial charge in [-0.15, -0.1) is 0 Å². The first-order valence-corrected chi connectivity index (χ1v) is 11.7. The normalized spacial score (nSPS) is 21.8. The standard InChI is InChI=1S/C22H35F2N3O6/c1-2-3-4-5-6-7-8-9-10-11-14-32-21(31)26-17-12-13-27(20(30)25-17)19-22(23,24)18(29)16(15-28)33-19/h12-13,16,18-19,28-29H,2-11,14-15H2,1H3,(H,25,26,30,31). The number of carbonyl (C=O) groups is 1. The minimum atomic E-state index is -3.80. The second kappa shape index (κ2) is 13.6. The third kappa shape index (κ3) is 8.01. The van der Waals surface area contributed by atoms with Crippen molar-refractivity contribution in [1.82, 2.24) is 9.55 Å². The van der Waals surface area contributed by atoms with Crippen molar-refractivity contribution in [2.75, 3.05) is 18.5 Å². The zero-order valence-corrected chi connectivity index (χ0v) is 19.0. The highest BCUT2D eigenvalue weighted by Crippen LogP contribution is 2.41. The Balaban J connectivity index is 1.69. The molecule has 2 rings (SSSR count). The van der Waals surface area contributed by atoms with Crippen molar-refractivity contribution in [3.05, 3.63) is 22.7 Å². The Morgan fingerprint density at radius 1 is 1.18 bits per heavy atom. The van der Waals surface area contributed by atoms with Gasteiger partial charge in [0.15, 0.2) is 6.10 Å². The molecule has 2 heterocycles. The molecule has 1 saturated heterocycles. The van der Waals surface area contributed by atoms with E-state index in [-0.39, 0.29) is 12.4 Å². The molecule has 0 aromatic carbocycles. The number of rotatable bonds is 14. The van der Waals surface area contributed by atoms with Crippen molar-refractivity contribution in [3.8, 4) is 0 Å². The molecule has 3 N–H and O–H groups in total. The van der Waals surface area contributed by atoms with Crippen molar-refractivity contribution in [3.63, 3.8) is 0 Å². The first kappa shape index (κ1) is 27.1. The molecule has 1 aromatic rings. The van der Waals surface area contributed by atoms with Gasteiger partial charge in [0.25, 0.3) is 0 Å². The number of ether oxygens (including phenoxy) is 2. The molecule has 0 radical (unpaired) electrons. The fourth-order valence-corrected chi connectivity index (χ4v) is 3.67. The zero-order valence-electron chi connectivity index (χ0n) is 19.0. The van der Waals surface area contributed by atoms with Gasteiger partial charge in [0.05, 0.1) is 13.2 Å². The van der Waals surface area contributed by atoms with E-state index in [1.807, 2.05) is 0 Å². The summed E-state index contributed by atoms with van der Waals surface area (Å²) in [5.41, 5.74) is -1.11. The predicted octanol–water partition coefficient (Wildman–Crippen LogP) is 3.60. The summed E-state index contributed by atoms with van der Waals surface area (Å²) in [7, 11) is 0. The van der Waals surface area contributed by atoms with Gasteiger partial charge in [-0.1, -0.05) is 64.7 Å². The van der Waals surface area contributed by atoms with E-state index < -0.39 is 42.7 Å². The number of anilines is 1. The number of carbonyl (C=O) groups excluding carboxylic acids is 1. The molecule has 0 aliphatic carbocycles.